The largest absolute Gasteiger partial charge is 0.354 e. The topological polar surface area (TPSA) is 27.6 Å². The number of rotatable bonds is 1. The Morgan fingerprint density at radius 1 is 1.12 bits per heavy atom. The Labute approximate surface area is 96.2 Å². The standard InChI is InChI=1S/C13H17N3/c1-2-4-12-10-15-13(9-11(12)3-1)16-7-5-14-6-8-16/h1-4,9-12,14H,5-8H2. The molecule has 0 aromatic heterocycles. The Hall–Kier alpha value is -1.35. The fourth-order valence-electron chi connectivity index (χ4n) is 2.42. The van der Waals surface area contributed by atoms with Gasteiger partial charge >= 0.3 is 0 Å². The van der Waals surface area contributed by atoms with Crippen LogP contribution in [0.2, 0.25) is 0 Å². The van der Waals surface area contributed by atoms with Gasteiger partial charge in [-0.2, -0.15) is 0 Å². The predicted molar refractivity (Wildman–Crippen MR) is 66.3 cm³/mol. The summed E-state index contributed by atoms with van der Waals surface area (Å²) >= 11 is 0. The number of allylic oxidation sites excluding steroid dienone is 5. The van der Waals surface area contributed by atoms with Gasteiger partial charge in [-0.1, -0.05) is 24.3 Å². The van der Waals surface area contributed by atoms with Crippen molar-refractivity contribution in [1.29, 1.82) is 0 Å². The molecule has 1 saturated heterocycles. The van der Waals surface area contributed by atoms with Gasteiger partial charge in [-0.15, -0.1) is 0 Å². The molecule has 3 aliphatic rings. The lowest BCUT2D eigenvalue weighted by Gasteiger charge is -2.32. The molecular weight excluding hydrogens is 198 g/mol. The molecule has 3 rings (SSSR count). The maximum Gasteiger partial charge on any atom is 0.124 e. The maximum atomic E-state index is 4.59. The van der Waals surface area contributed by atoms with E-state index in [1.807, 2.05) is 0 Å². The summed E-state index contributed by atoms with van der Waals surface area (Å²) in [6.07, 6.45) is 13.1. The third kappa shape index (κ3) is 1.83. The summed E-state index contributed by atoms with van der Waals surface area (Å²) in [7, 11) is 0. The van der Waals surface area contributed by atoms with E-state index < -0.39 is 0 Å². The first-order valence-electron chi connectivity index (χ1n) is 6.00. The average molecular weight is 215 g/mol. The summed E-state index contributed by atoms with van der Waals surface area (Å²) in [4.78, 5) is 6.96. The van der Waals surface area contributed by atoms with Crippen LogP contribution in [0.15, 0.2) is 41.2 Å². The molecule has 0 spiro atoms. The van der Waals surface area contributed by atoms with Crippen molar-refractivity contribution in [2.24, 2.45) is 16.8 Å². The van der Waals surface area contributed by atoms with Gasteiger partial charge in [-0.05, 0) is 6.08 Å². The van der Waals surface area contributed by atoms with Crippen LogP contribution in [0.4, 0.5) is 0 Å². The Bertz CT molecular complexity index is 373. The number of hydrogen-bond acceptors (Lipinski definition) is 3. The van der Waals surface area contributed by atoms with E-state index in [4.69, 9.17) is 0 Å². The lowest BCUT2D eigenvalue weighted by Crippen LogP contribution is -2.43. The smallest absolute Gasteiger partial charge is 0.124 e. The van der Waals surface area contributed by atoms with Crippen molar-refractivity contribution in [3.63, 3.8) is 0 Å². The summed E-state index contributed by atoms with van der Waals surface area (Å²) in [5.74, 6) is 2.13. The van der Waals surface area contributed by atoms with Gasteiger partial charge in [-0.25, -0.2) is 4.99 Å². The molecule has 3 heteroatoms. The molecule has 0 aromatic carbocycles. The molecule has 0 radical (unpaired) electrons. The highest BCUT2D eigenvalue weighted by Gasteiger charge is 2.22. The van der Waals surface area contributed by atoms with Crippen molar-refractivity contribution < 1.29 is 0 Å². The second-order valence-corrected chi connectivity index (χ2v) is 4.46. The second-order valence-electron chi connectivity index (χ2n) is 4.46. The molecule has 16 heavy (non-hydrogen) atoms. The van der Waals surface area contributed by atoms with Crippen LogP contribution in [0.25, 0.3) is 0 Å². The molecule has 2 aliphatic heterocycles. The van der Waals surface area contributed by atoms with Gasteiger partial charge in [0.05, 0.1) is 0 Å². The molecule has 2 unspecified atom stereocenters. The summed E-state index contributed by atoms with van der Waals surface area (Å²) < 4.78 is 0. The zero-order valence-corrected chi connectivity index (χ0v) is 9.34. The minimum Gasteiger partial charge on any atom is -0.354 e. The fraction of sp³-hybridized carbons (Fsp3) is 0.462. The van der Waals surface area contributed by atoms with E-state index in [1.165, 1.54) is 0 Å². The van der Waals surface area contributed by atoms with Gasteiger partial charge < -0.3 is 10.2 Å². The van der Waals surface area contributed by atoms with Gasteiger partial charge in [0, 0.05) is 44.2 Å². The van der Waals surface area contributed by atoms with Gasteiger partial charge in [0.25, 0.3) is 0 Å². The lowest BCUT2D eigenvalue weighted by atomic mass is 9.87. The first kappa shape index (κ1) is 9.85. The first-order chi connectivity index (χ1) is 7.93. The highest BCUT2D eigenvalue weighted by atomic mass is 15.3. The Kier molecular flexibility index (Phi) is 2.62. The van der Waals surface area contributed by atoms with Crippen molar-refractivity contribution >= 4 is 6.21 Å². The van der Waals surface area contributed by atoms with Crippen LogP contribution in [0.3, 0.4) is 0 Å². The quantitative estimate of drug-likeness (QED) is 0.711. The first-order valence-corrected chi connectivity index (χ1v) is 6.00. The minimum absolute atomic E-state index is 0.469. The number of fused-ring (bicyclic) bond motifs is 1. The van der Waals surface area contributed by atoms with Crippen LogP contribution in [-0.4, -0.2) is 37.3 Å². The normalized spacial score (nSPS) is 32.5. The zero-order valence-electron chi connectivity index (χ0n) is 9.34. The molecule has 0 saturated carbocycles. The van der Waals surface area contributed by atoms with E-state index in [2.05, 4.69) is 51.8 Å². The van der Waals surface area contributed by atoms with Gasteiger partial charge in [0.1, 0.15) is 5.82 Å². The van der Waals surface area contributed by atoms with Crippen molar-refractivity contribution in [2.75, 3.05) is 26.2 Å². The molecular formula is C13H17N3. The lowest BCUT2D eigenvalue weighted by molar-refractivity contribution is 0.293. The van der Waals surface area contributed by atoms with Gasteiger partial charge in [0.15, 0.2) is 0 Å². The zero-order chi connectivity index (χ0) is 10.8. The van der Waals surface area contributed by atoms with Crippen LogP contribution in [0.1, 0.15) is 0 Å². The van der Waals surface area contributed by atoms with Gasteiger partial charge in [0.2, 0.25) is 0 Å². The Morgan fingerprint density at radius 2 is 1.88 bits per heavy atom. The summed E-state index contributed by atoms with van der Waals surface area (Å²) in [5, 5.41) is 3.36. The summed E-state index contributed by atoms with van der Waals surface area (Å²) in [5.41, 5.74) is 0. The molecule has 2 heterocycles. The monoisotopic (exact) mass is 215 g/mol. The van der Waals surface area contributed by atoms with Crippen LogP contribution in [0.5, 0.6) is 0 Å². The van der Waals surface area contributed by atoms with E-state index in [-0.39, 0.29) is 0 Å². The summed E-state index contributed by atoms with van der Waals surface area (Å²) in [6, 6.07) is 0. The molecule has 3 nitrogen and oxygen atoms in total. The third-order valence-electron chi connectivity index (χ3n) is 3.38. The van der Waals surface area contributed by atoms with Crippen LogP contribution in [0, 0.1) is 11.8 Å². The third-order valence-corrected chi connectivity index (χ3v) is 3.38. The van der Waals surface area contributed by atoms with E-state index in [9.17, 15) is 0 Å². The molecule has 0 aromatic rings. The number of nitrogens with one attached hydrogen (secondary N) is 1. The molecule has 0 amide bonds. The van der Waals surface area contributed by atoms with Crippen molar-refractivity contribution in [3.05, 3.63) is 36.2 Å². The van der Waals surface area contributed by atoms with Crippen molar-refractivity contribution in [2.45, 2.75) is 0 Å². The van der Waals surface area contributed by atoms with Crippen LogP contribution >= 0.6 is 0 Å². The van der Waals surface area contributed by atoms with E-state index >= 15 is 0 Å². The van der Waals surface area contributed by atoms with E-state index in [0.29, 0.717) is 11.8 Å². The molecule has 1 fully saturated rings. The molecule has 1 N–H and O–H groups in total. The molecule has 84 valence electrons. The van der Waals surface area contributed by atoms with Crippen LogP contribution in [-0.2, 0) is 0 Å². The maximum absolute atomic E-state index is 4.59. The Morgan fingerprint density at radius 3 is 2.69 bits per heavy atom. The van der Waals surface area contributed by atoms with Crippen molar-refractivity contribution in [1.82, 2.24) is 10.2 Å². The fourth-order valence-corrected chi connectivity index (χ4v) is 2.42. The second kappa shape index (κ2) is 4.26. The molecule has 1 aliphatic carbocycles. The number of piperazine rings is 1. The Balaban J connectivity index is 1.77. The van der Waals surface area contributed by atoms with Crippen LogP contribution < -0.4 is 5.32 Å². The van der Waals surface area contributed by atoms with E-state index in [0.717, 1.165) is 32.0 Å². The predicted octanol–water partition coefficient (Wildman–Crippen LogP) is 1.18. The SMILES string of the molecule is C1=CC2C=NC(N3CCNCC3)=CC2C=C1. The molecule has 0 bridgehead atoms. The number of nitrogens with zero attached hydrogens (tertiary/aromatic N) is 2. The summed E-state index contributed by atoms with van der Waals surface area (Å²) in [6.45, 7) is 4.27. The van der Waals surface area contributed by atoms with E-state index in [1.54, 1.807) is 0 Å². The highest BCUT2D eigenvalue weighted by Crippen LogP contribution is 2.26. The molecule has 2 atom stereocenters. The average Bonchev–Trinajstić information content (AvgIpc) is 2.39. The minimum atomic E-state index is 0.469. The number of aliphatic imine (C=N–C) groups is 1. The highest BCUT2D eigenvalue weighted by molar-refractivity contribution is 5.68. The van der Waals surface area contributed by atoms with Crippen molar-refractivity contribution in [3.8, 4) is 0 Å². The van der Waals surface area contributed by atoms with Gasteiger partial charge in [-0.3, -0.25) is 0 Å². The number of hydrogen-bond donors (Lipinski definition) is 1.